The molecule has 5 atom stereocenters. The number of ether oxygens (including phenoxy) is 5. The van der Waals surface area contributed by atoms with Gasteiger partial charge in [0.1, 0.15) is 36.3 Å². The molecule has 1 aliphatic rings. The van der Waals surface area contributed by atoms with Crippen molar-refractivity contribution < 1.29 is 23.7 Å². The van der Waals surface area contributed by atoms with Crippen LogP contribution in [0.2, 0.25) is 5.15 Å². The summed E-state index contributed by atoms with van der Waals surface area (Å²) < 4.78 is 35.5. The highest BCUT2D eigenvalue weighted by atomic mass is 35.5. The molecule has 6 aromatic rings. The number of imidazole rings is 1. The summed E-state index contributed by atoms with van der Waals surface area (Å²) in [6.45, 7) is 1.66. The van der Waals surface area contributed by atoms with Gasteiger partial charge in [-0.25, -0.2) is 15.0 Å². The van der Waals surface area contributed by atoms with Gasteiger partial charge in [-0.2, -0.15) is 0 Å². The molecule has 1 fully saturated rings. The summed E-state index contributed by atoms with van der Waals surface area (Å²) in [6, 6.07) is 40.2. The predicted molar refractivity (Wildman–Crippen MR) is 185 cm³/mol. The van der Waals surface area contributed by atoms with Crippen LogP contribution in [0.15, 0.2) is 134 Å². The Bertz CT molecular complexity index is 1880. The molecule has 10 heteroatoms. The van der Waals surface area contributed by atoms with Gasteiger partial charge in [0.05, 0.1) is 39.4 Å². The fourth-order valence-electron chi connectivity index (χ4n) is 6.00. The van der Waals surface area contributed by atoms with E-state index in [2.05, 4.69) is 15.0 Å². The first-order chi connectivity index (χ1) is 24.2. The number of aromatic nitrogens is 4. The Morgan fingerprint density at radius 3 is 1.61 bits per heavy atom. The quantitative estimate of drug-likeness (QED) is 0.111. The van der Waals surface area contributed by atoms with Crippen LogP contribution < -0.4 is 0 Å². The van der Waals surface area contributed by atoms with Crippen LogP contribution in [0.3, 0.4) is 0 Å². The van der Waals surface area contributed by atoms with Crippen LogP contribution in [0.4, 0.5) is 0 Å². The van der Waals surface area contributed by atoms with E-state index in [4.69, 9.17) is 35.3 Å². The second-order valence-electron chi connectivity index (χ2n) is 11.8. The van der Waals surface area contributed by atoms with Crippen molar-refractivity contribution >= 4 is 22.8 Å². The second-order valence-corrected chi connectivity index (χ2v) is 12.2. The number of rotatable bonds is 14. The van der Waals surface area contributed by atoms with Crippen molar-refractivity contribution in [2.75, 3.05) is 6.61 Å². The minimum absolute atomic E-state index is 0.240. The van der Waals surface area contributed by atoms with Gasteiger partial charge in [0.25, 0.3) is 0 Å². The summed E-state index contributed by atoms with van der Waals surface area (Å²) in [4.78, 5) is 13.2. The van der Waals surface area contributed by atoms with Crippen molar-refractivity contribution in [3.05, 3.63) is 161 Å². The number of hydrogen-bond donors (Lipinski definition) is 0. The molecule has 1 aliphatic heterocycles. The highest BCUT2D eigenvalue weighted by Crippen LogP contribution is 2.37. The lowest BCUT2D eigenvalue weighted by Crippen LogP contribution is -2.59. The van der Waals surface area contributed by atoms with Crippen molar-refractivity contribution in [2.45, 2.75) is 57.1 Å². The largest absolute Gasteiger partial charge is 0.374 e. The average Bonchev–Trinajstić information content (AvgIpc) is 3.60. The maximum absolute atomic E-state index is 6.97. The first-order valence-corrected chi connectivity index (χ1v) is 16.7. The fraction of sp³-hybridized carbons (Fsp3) is 0.256. The van der Waals surface area contributed by atoms with Crippen LogP contribution in [0.25, 0.3) is 11.2 Å². The van der Waals surface area contributed by atoms with Crippen molar-refractivity contribution in [3.8, 4) is 0 Å². The van der Waals surface area contributed by atoms with E-state index in [0.717, 1.165) is 22.3 Å². The maximum atomic E-state index is 6.97. The molecule has 9 nitrogen and oxygen atoms in total. The Hall–Kier alpha value is -4.48. The van der Waals surface area contributed by atoms with E-state index < -0.39 is 30.6 Å². The first kappa shape index (κ1) is 33.0. The van der Waals surface area contributed by atoms with Gasteiger partial charge in [-0.05, 0) is 22.3 Å². The normalized spacial score (nSPS) is 20.8. The van der Waals surface area contributed by atoms with Gasteiger partial charge < -0.3 is 23.7 Å². The SMILES string of the molecule is Clc1ncnc2c1ncn2[C@H]1O[C@H](COCc2ccccc2)[C@@H](OCc2ccccc2)[C@H](OCc2ccccc2)[C@H]1OCc1ccccc1. The van der Waals surface area contributed by atoms with Crippen molar-refractivity contribution in [2.24, 2.45) is 0 Å². The van der Waals surface area contributed by atoms with E-state index in [0.29, 0.717) is 37.6 Å². The van der Waals surface area contributed by atoms with E-state index in [1.807, 2.05) is 126 Å². The van der Waals surface area contributed by atoms with Gasteiger partial charge in [-0.3, -0.25) is 4.57 Å². The minimum atomic E-state index is -0.720. The second kappa shape index (κ2) is 16.3. The Balaban J connectivity index is 1.27. The molecule has 7 rings (SSSR count). The summed E-state index contributed by atoms with van der Waals surface area (Å²) in [5.41, 5.74) is 5.12. The van der Waals surface area contributed by atoms with Crippen LogP contribution in [0.1, 0.15) is 28.5 Å². The Morgan fingerprint density at radius 1 is 0.571 bits per heavy atom. The zero-order valence-corrected chi connectivity index (χ0v) is 27.6. The molecule has 49 heavy (non-hydrogen) atoms. The number of hydrogen-bond acceptors (Lipinski definition) is 8. The summed E-state index contributed by atoms with van der Waals surface area (Å²) in [5, 5.41) is 0.255. The number of benzene rings is 4. The van der Waals surface area contributed by atoms with Crippen molar-refractivity contribution in [3.63, 3.8) is 0 Å². The third-order valence-corrected chi connectivity index (χ3v) is 8.72. The monoisotopic (exact) mass is 676 g/mol. The molecule has 0 unspecified atom stereocenters. The summed E-state index contributed by atoms with van der Waals surface area (Å²) >= 11 is 6.45. The first-order valence-electron chi connectivity index (χ1n) is 16.3. The molecule has 0 radical (unpaired) electrons. The van der Waals surface area contributed by atoms with Crippen LogP contribution in [0.5, 0.6) is 0 Å². The Morgan fingerprint density at radius 2 is 1.06 bits per heavy atom. The average molecular weight is 677 g/mol. The smallest absolute Gasteiger partial charge is 0.167 e. The van der Waals surface area contributed by atoms with E-state index in [9.17, 15) is 0 Å². The minimum Gasteiger partial charge on any atom is -0.374 e. The third-order valence-electron chi connectivity index (χ3n) is 8.45. The van der Waals surface area contributed by atoms with Gasteiger partial charge in [0.2, 0.25) is 0 Å². The van der Waals surface area contributed by atoms with Crippen LogP contribution >= 0.6 is 11.6 Å². The molecule has 3 heterocycles. The summed E-state index contributed by atoms with van der Waals surface area (Å²) in [6.07, 6.45) is 0.00116. The van der Waals surface area contributed by atoms with Gasteiger partial charge in [-0.1, -0.05) is 133 Å². The summed E-state index contributed by atoms with van der Waals surface area (Å²) in [5.74, 6) is 0. The van der Waals surface area contributed by atoms with Crippen LogP contribution in [-0.4, -0.2) is 50.5 Å². The topological polar surface area (TPSA) is 89.8 Å². The Kier molecular flexibility index (Phi) is 11.0. The van der Waals surface area contributed by atoms with Gasteiger partial charge >= 0.3 is 0 Å². The molecule has 1 saturated heterocycles. The number of nitrogens with zero attached hydrogens (tertiary/aromatic N) is 4. The molecule has 0 spiro atoms. The van der Waals surface area contributed by atoms with Gasteiger partial charge in [0.15, 0.2) is 17.0 Å². The fourth-order valence-corrected chi connectivity index (χ4v) is 6.18. The third kappa shape index (κ3) is 8.22. The lowest BCUT2D eigenvalue weighted by molar-refractivity contribution is -0.289. The molecule has 0 N–H and O–H groups in total. The lowest BCUT2D eigenvalue weighted by Gasteiger charge is -2.46. The lowest BCUT2D eigenvalue weighted by atomic mass is 9.96. The molecule has 0 bridgehead atoms. The van der Waals surface area contributed by atoms with Gasteiger partial charge in [-0.15, -0.1) is 0 Å². The maximum Gasteiger partial charge on any atom is 0.167 e. The number of halogens is 1. The van der Waals surface area contributed by atoms with Gasteiger partial charge in [0, 0.05) is 0 Å². The Labute approximate surface area is 290 Å². The highest BCUT2D eigenvalue weighted by molar-refractivity contribution is 6.33. The molecular weight excluding hydrogens is 640 g/mol. The number of fused-ring (bicyclic) bond motifs is 1. The van der Waals surface area contributed by atoms with E-state index in [1.54, 1.807) is 6.33 Å². The highest BCUT2D eigenvalue weighted by Gasteiger charge is 2.49. The zero-order valence-electron chi connectivity index (χ0n) is 26.8. The van der Waals surface area contributed by atoms with E-state index in [1.165, 1.54) is 6.33 Å². The van der Waals surface area contributed by atoms with E-state index >= 15 is 0 Å². The van der Waals surface area contributed by atoms with Crippen molar-refractivity contribution in [1.82, 2.24) is 19.5 Å². The molecule has 2 aromatic heterocycles. The standard InChI is InChI=1S/C39H37ClN4O5/c40-37-33-38(42-26-41-37)44(27-43-33)39-36(48-24-31-19-11-4-12-20-31)35(47-23-30-17-9-3-10-18-30)34(46-22-29-15-7-2-8-16-29)32(49-39)25-45-21-28-13-5-1-6-14-28/h1-20,26-27,32,34-36,39H,21-25H2/t32-,34-,35+,36-,39+/m1/s1. The van der Waals surface area contributed by atoms with Crippen LogP contribution in [0, 0.1) is 0 Å². The molecule has 0 amide bonds. The predicted octanol–water partition coefficient (Wildman–Crippen LogP) is 7.35. The van der Waals surface area contributed by atoms with Crippen molar-refractivity contribution in [1.29, 1.82) is 0 Å². The molecule has 0 saturated carbocycles. The van der Waals surface area contributed by atoms with E-state index in [-0.39, 0.29) is 11.8 Å². The molecular formula is C39H37ClN4O5. The summed E-state index contributed by atoms with van der Waals surface area (Å²) in [7, 11) is 0. The zero-order chi connectivity index (χ0) is 33.3. The molecule has 0 aliphatic carbocycles. The molecule has 4 aromatic carbocycles. The molecule has 250 valence electrons. The van der Waals surface area contributed by atoms with Crippen LogP contribution in [-0.2, 0) is 50.1 Å².